The predicted octanol–water partition coefficient (Wildman–Crippen LogP) is 3.31. The Labute approximate surface area is 105 Å². The van der Waals surface area contributed by atoms with Gasteiger partial charge in [-0.2, -0.15) is 0 Å². The number of ether oxygens (including phenoxy) is 2. The van der Waals surface area contributed by atoms with Gasteiger partial charge in [-0.15, -0.1) is 0 Å². The number of hydrogen-bond donors (Lipinski definition) is 0. The lowest BCUT2D eigenvalue weighted by Gasteiger charge is -2.26. The van der Waals surface area contributed by atoms with Gasteiger partial charge in [-0.05, 0) is 39.5 Å². The average molecular weight is 242 g/mol. The first kappa shape index (κ1) is 14.5. The number of esters is 1. The fourth-order valence-corrected chi connectivity index (χ4v) is 2.14. The molecule has 3 heteroatoms. The Morgan fingerprint density at radius 1 is 1.29 bits per heavy atom. The van der Waals surface area contributed by atoms with E-state index in [1.807, 2.05) is 20.8 Å². The zero-order valence-electron chi connectivity index (χ0n) is 11.8. The highest BCUT2D eigenvalue weighted by Gasteiger charge is 2.40. The van der Waals surface area contributed by atoms with Crippen LogP contribution in [0.3, 0.4) is 0 Å². The van der Waals surface area contributed by atoms with E-state index in [2.05, 4.69) is 13.8 Å². The van der Waals surface area contributed by atoms with Crippen LogP contribution in [0.1, 0.15) is 60.3 Å². The molecule has 0 aliphatic carbocycles. The highest BCUT2D eigenvalue weighted by Crippen LogP contribution is 2.32. The first-order valence-corrected chi connectivity index (χ1v) is 6.81. The third kappa shape index (κ3) is 3.70. The van der Waals surface area contributed by atoms with Gasteiger partial charge in [0.05, 0.1) is 18.1 Å². The van der Waals surface area contributed by atoms with Crippen molar-refractivity contribution >= 4 is 5.97 Å². The highest BCUT2D eigenvalue weighted by atomic mass is 16.6. The van der Waals surface area contributed by atoms with Crippen LogP contribution < -0.4 is 0 Å². The summed E-state index contributed by atoms with van der Waals surface area (Å²) in [5.41, 5.74) is -0.361. The summed E-state index contributed by atoms with van der Waals surface area (Å²) in [7, 11) is 0. The summed E-state index contributed by atoms with van der Waals surface area (Å²) in [6.07, 6.45) is 3.76. The molecule has 1 fully saturated rings. The van der Waals surface area contributed by atoms with Crippen LogP contribution in [0.15, 0.2) is 0 Å². The fourth-order valence-electron chi connectivity index (χ4n) is 2.14. The molecule has 100 valence electrons. The smallest absolute Gasteiger partial charge is 0.312 e. The molecule has 0 spiro atoms. The Bertz CT molecular complexity index is 260. The average Bonchev–Trinajstić information content (AvgIpc) is 2.71. The molecule has 1 rings (SSSR count). The van der Waals surface area contributed by atoms with Crippen LogP contribution in [-0.4, -0.2) is 23.8 Å². The van der Waals surface area contributed by atoms with E-state index in [9.17, 15) is 4.79 Å². The molecule has 1 aliphatic heterocycles. The molecular formula is C14H26O3. The number of rotatable bonds is 5. The van der Waals surface area contributed by atoms with Crippen molar-refractivity contribution in [1.82, 2.24) is 0 Å². The van der Waals surface area contributed by atoms with Gasteiger partial charge >= 0.3 is 5.97 Å². The highest BCUT2D eigenvalue weighted by molar-refractivity contribution is 5.74. The van der Waals surface area contributed by atoms with Gasteiger partial charge in [0, 0.05) is 0 Å². The van der Waals surface area contributed by atoms with Crippen molar-refractivity contribution in [1.29, 1.82) is 0 Å². The Kier molecular flexibility index (Phi) is 4.99. The van der Waals surface area contributed by atoms with Crippen molar-refractivity contribution < 1.29 is 14.3 Å². The maximum Gasteiger partial charge on any atom is 0.312 e. The van der Waals surface area contributed by atoms with Gasteiger partial charge in [0.1, 0.15) is 5.60 Å². The van der Waals surface area contributed by atoms with Crippen molar-refractivity contribution in [3.05, 3.63) is 0 Å². The van der Waals surface area contributed by atoms with Crippen LogP contribution in [0.2, 0.25) is 0 Å². The summed E-state index contributed by atoms with van der Waals surface area (Å²) in [6, 6.07) is 0. The lowest BCUT2D eigenvalue weighted by atomic mass is 9.96. The van der Waals surface area contributed by atoms with Crippen LogP contribution in [0.25, 0.3) is 0 Å². The Morgan fingerprint density at radius 3 is 2.41 bits per heavy atom. The lowest BCUT2D eigenvalue weighted by molar-refractivity contribution is -0.163. The molecule has 0 aromatic heterocycles. The largest absolute Gasteiger partial charge is 0.459 e. The van der Waals surface area contributed by atoms with E-state index < -0.39 is 0 Å². The van der Waals surface area contributed by atoms with E-state index in [1.54, 1.807) is 0 Å². The van der Waals surface area contributed by atoms with Gasteiger partial charge in [-0.25, -0.2) is 0 Å². The minimum atomic E-state index is -0.361. The molecule has 3 atom stereocenters. The van der Waals surface area contributed by atoms with Gasteiger partial charge in [0.15, 0.2) is 0 Å². The van der Waals surface area contributed by atoms with E-state index in [4.69, 9.17) is 9.47 Å². The molecule has 1 heterocycles. The van der Waals surface area contributed by atoms with Crippen molar-refractivity contribution in [2.75, 3.05) is 0 Å². The molecule has 0 aromatic rings. The monoisotopic (exact) mass is 242 g/mol. The first-order chi connectivity index (χ1) is 7.93. The molecule has 0 N–H and O–H groups in total. The van der Waals surface area contributed by atoms with Crippen LogP contribution in [0.5, 0.6) is 0 Å². The SMILES string of the molecule is CCC1CC(C(=O)OC(C)(C)CC)C(CC)O1. The van der Waals surface area contributed by atoms with E-state index in [0.29, 0.717) is 0 Å². The normalized spacial score (nSPS) is 29.4. The molecule has 17 heavy (non-hydrogen) atoms. The van der Waals surface area contributed by atoms with E-state index in [-0.39, 0.29) is 29.7 Å². The Balaban J connectivity index is 2.62. The van der Waals surface area contributed by atoms with E-state index in [1.165, 1.54) is 0 Å². The summed E-state index contributed by atoms with van der Waals surface area (Å²) in [5.74, 6) is -0.157. The predicted molar refractivity (Wildman–Crippen MR) is 67.8 cm³/mol. The summed E-state index contributed by atoms with van der Waals surface area (Å²) in [5, 5.41) is 0. The molecular weight excluding hydrogens is 216 g/mol. The standard InChI is InChI=1S/C14H26O3/c1-6-10-9-11(12(7-2)16-10)13(15)17-14(4,5)8-3/h10-12H,6-9H2,1-5H3. The summed E-state index contributed by atoms with van der Waals surface area (Å²) >= 11 is 0. The summed E-state index contributed by atoms with van der Waals surface area (Å²) < 4.78 is 11.4. The molecule has 3 unspecified atom stereocenters. The molecule has 1 aliphatic rings. The zero-order chi connectivity index (χ0) is 13.1. The van der Waals surface area contributed by atoms with Gasteiger partial charge in [0.2, 0.25) is 0 Å². The molecule has 0 radical (unpaired) electrons. The third-order valence-corrected chi connectivity index (χ3v) is 3.72. The van der Waals surface area contributed by atoms with Gasteiger partial charge in [0.25, 0.3) is 0 Å². The topological polar surface area (TPSA) is 35.5 Å². The zero-order valence-corrected chi connectivity index (χ0v) is 11.8. The molecule has 3 nitrogen and oxygen atoms in total. The van der Waals surface area contributed by atoms with Crippen molar-refractivity contribution in [3.63, 3.8) is 0 Å². The fraction of sp³-hybridized carbons (Fsp3) is 0.929. The minimum absolute atomic E-state index is 0.0418. The van der Waals surface area contributed by atoms with Crippen LogP contribution in [-0.2, 0) is 14.3 Å². The van der Waals surface area contributed by atoms with Crippen molar-refractivity contribution in [2.24, 2.45) is 5.92 Å². The minimum Gasteiger partial charge on any atom is -0.459 e. The van der Waals surface area contributed by atoms with Gasteiger partial charge in [-0.1, -0.05) is 20.8 Å². The second kappa shape index (κ2) is 5.85. The number of hydrogen-bond acceptors (Lipinski definition) is 3. The molecule has 0 aromatic carbocycles. The van der Waals surface area contributed by atoms with Crippen LogP contribution in [0, 0.1) is 5.92 Å². The van der Waals surface area contributed by atoms with Crippen LogP contribution >= 0.6 is 0 Å². The van der Waals surface area contributed by atoms with E-state index >= 15 is 0 Å². The van der Waals surface area contributed by atoms with E-state index in [0.717, 1.165) is 25.7 Å². The maximum atomic E-state index is 12.1. The molecule has 0 bridgehead atoms. The molecule has 0 amide bonds. The van der Waals surface area contributed by atoms with Crippen molar-refractivity contribution in [2.45, 2.75) is 78.1 Å². The Morgan fingerprint density at radius 2 is 1.94 bits per heavy atom. The third-order valence-electron chi connectivity index (χ3n) is 3.72. The second-order valence-corrected chi connectivity index (χ2v) is 5.49. The first-order valence-electron chi connectivity index (χ1n) is 6.81. The summed E-state index contributed by atoms with van der Waals surface area (Å²) in [6.45, 7) is 10.1. The van der Waals surface area contributed by atoms with Gasteiger partial charge < -0.3 is 9.47 Å². The maximum absolute atomic E-state index is 12.1. The summed E-state index contributed by atoms with van der Waals surface area (Å²) in [4.78, 5) is 12.1. The quantitative estimate of drug-likeness (QED) is 0.694. The van der Waals surface area contributed by atoms with Gasteiger partial charge in [-0.3, -0.25) is 4.79 Å². The van der Waals surface area contributed by atoms with Crippen molar-refractivity contribution in [3.8, 4) is 0 Å². The lowest BCUT2D eigenvalue weighted by Crippen LogP contribution is -2.34. The number of carbonyl (C=O) groups is 1. The Hall–Kier alpha value is -0.570. The van der Waals surface area contributed by atoms with Crippen LogP contribution in [0.4, 0.5) is 0 Å². The molecule has 1 saturated heterocycles. The second-order valence-electron chi connectivity index (χ2n) is 5.49. The number of carbonyl (C=O) groups excluding carboxylic acids is 1. The molecule has 0 saturated carbocycles.